The van der Waals surface area contributed by atoms with Gasteiger partial charge < -0.3 is 5.32 Å². The number of allylic oxidation sites excluding steroid dienone is 3. The van der Waals surface area contributed by atoms with Gasteiger partial charge in [-0.1, -0.05) is 57.2 Å². The molecular weight excluding hydrogens is 222 g/mol. The first-order chi connectivity index (χ1) is 8.45. The molecule has 0 fully saturated rings. The first-order valence-corrected chi connectivity index (χ1v) is 6.15. The second-order valence-electron chi connectivity index (χ2n) is 5.17. The van der Waals surface area contributed by atoms with Gasteiger partial charge in [0.15, 0.2) is 0 Å². The molecule has 2 nitrogen and oxygen atoms in total. The summed E-state index contributed by atoms with van der Waals surface area (Å²) in [7, 11) is 0. The number of para-hydroxylation sites is 1. The normalized spacial score (nSPS) is 12.2. The molecule has 0 saturated carbocycles. The van der Waals surface area contributed by atoms with E-state index in [4.69, 9.17) is 0 Å². The van der Waals surface area contributed by atoms with Gasteiger partial charge in [-0.15, -0.1) is 0 Å². The predicted octanol–water partition coefficient (Wildman–Crippen LogP) is 4.05. The molecule has 1 rings (SSSR count). The van der Waals surface area contributed by atoms with Gasteiger partial charge >= 0.3 is 0 Å². The molecule has 0 heterocycles. The summed E-state index contributed by atoms with van der Waals surface area (Å²) >= 11 is 0. The zero-order valence-electron chi connectivity index (χ0n) is 11.5. The van der Waals surface area contributed by atoms with Crippen molar-refractivity contribution in [2.24, 2.45) is 0 Å². The average molecular weight is 243 g/mol. The van der Waals surface area contributed by atoms with Crippen molar-refractivity contribution >= 4 is 11.6 Å². The molecule has 0 unspecified atom stereocenters. The van der Waals surface area contributed by atoms with Gasteiger partial charge in [-0.25, -0.2) is 0 Å². The average Bonchev–Trinajstić information content (AvgIpc) is 2.28. The fourth-order valence-corrected chi connectivity index (χ4v) is 1.67. The minimum Gasteiger partial charge on any atom is -0.322 e. The number of anilines is 1. The molecule has 0 atom stereocenters. The van der Waals surface area contributed by atoms with Crippen LogP contribution in [0.5, 0.6) is 0 Å². The molecule has 1 aromatic rings. The van der Waals surface area contributed by atoms with E-state index in [0.29, 0.717) is 0 Å². The van der Waals surface area contributed by atoms with Crippen molar-refractivity contribution < 1.29 is 4.79 Å². The summed E-state index contributed by atoms with van der Waals surface area (Å²) in [5, 5.41) is 2.92. The maximum atomic E-state index is 11.7. The molecular formula is C16H21NO. The summed E-state index contributed by atoms with van der Waals surface area (Å²) in [6, 6.07) is 7.90. The molecule has 96 valence electrons. The van der Waals surface area contributed by atoms with Crippen LogP contribution in [0.4, 0.5) is 5.69 Å². The van der Waals surface area contributed by atoms with Gasteiger partial charge in [0, 0.05) is 11.8 Å². The summed E-state index contributed by atoms with van der Waals surface area (Å²) in [4.78, 5) is 11.7. The van der Waals surface area contributed by atoms with Crippen molar-refractivity contribution in [1.82, 2.24) is 0 Å². The number of rotatable bonds is 3. The molecule has 2 heteroatoms. The topological polar surface area (TPSA) is 29.1 Å². The van der Waals surface area contributed by atoms with Crippen LogP contribution in [-0.2, 0) is 10.2 Å². The molecule has 0 aliphatic carbocycles. The molecule has 18 heavy (non-hydrogen) atoms. The SMILES string of the molecule is C/C=C/C=C/C(=O)Nc1ccccc1C(C)(C)C. The Kier molecular flexibility index (Phi) is 4.90. The molecule has 0 saturated heterocycles. The van der Waals surface area contributed by atoms with Crippen molar-refractivity contribution in [2.75, 3.05) is 5.32 Å². The second kappa shape index (κ2) is 6.20. The third-order valence-electron chi connectivity index (χ3n) is 2.54. The van der Waals surface area contributed by atoms with E-state index in [0.717, 1.165) is 11.3 Å². The van der Waals surface area contributed by atoms with Gasteiger partial charge in [0.1, 0.15) is 0 Å². The molecule has 0 aliphatic rings. The monoisotopic (exact) mass is 243 g/mol. The van der Waals surface area contributed by atoms with Crippen LogP contribution in [-0.4, -0.2) is 5.91 Å². The van der Waals surface area contributed by atoms with Gasteiger partial charge in [-0.2, -0.15) is 0 Å². The maximum Gasteiger partial charge on any atom is 0.248 e. The molecule has 0 radical (unpaired) electrons. The van der Waals surface area contributed by atoms with Crippen LogP contribution in [0.3, 0.4) is 0 Å². The fourth-order valence-electron chi connectivity index (χ4n) is 1.67. The van der Waals surface area contributed by atoms with E-state index in [2.05, 4.69) is 26.1 Å². The first kappa shape index (κ1) is 14.2. The molecule has 0 aliphatic heterocycles. The van der Waals surface area contributed by atoms with E-state index in [1.165, 1.54) is 6.08 Å². The predicted molar refractivity (Wildman–Crippen MR) is 77.7 cm³/mol. The highest BCUT2D eigenvalue weighted by molar-refractivity contribution is 6.00. The maximum absolute atomic E-state index is 11.7. The third kappa shape index (κ3) is 4.21. The zero-order chi connectivity index (χ0) is 13.6. The number of amides is 1. The number of carbonyl (C=O) groups excluding carboxylic acids is 1. The Morgan fingerprint density at radius 1 is 1.17 bits per heavy atom. The number of hydrogen-bond acceptors (Lipinski definition) is 1. The Bertz CT molecular complexity index is 464. The fraction of sp³-hybridized carbons (Fsp3) is 0.312. The number of hydrogen-bond donors (Lipinski definition) is 1. The van der Waals surface area contributed by atoms with E-state index in [1.54, 1.807) is 6.08 Å². The lowest BCUT2D eigenvalue weighted by Gasteiger charge is -2.22. The van der Waals surface area contributed by atoms with Gasteiger partial charge in [0.2, 0.25) is 5.91 Å². The molecule has 1 N–H and O–H groups in total. The Balaban J connectivity index is 2.88. The first-order valence-electron chi connectivity index (χ1n) is 6.15. The summed E-state index contributed by atoms with van der Waals surface area (Å²) in [5.74, 6) is -0.107. The number of benzene rings is 1. The third-order valence-corrected chi connectivity index (χ3v) is 2.54. The Hall–Kier alpha value is -1.83. The van der Waals surface area contributed by atoms with E-state index in [1.807, 2.05) is 43.3 Å². The second-order valence-corrected chi connectivity index (χ2v) is 5.17. The smallest absolute Gasteiger partial charge is 0.248 e. The minimum absolute atomic E-state index is 0.0108. The van der Waals surface area contributed by atoms with Crippen LogP contribution < -0.4 is 5.32 Å². The Morgan fingerprint density at radius 2 is 1.83 bits per heavy atom. The summed E-state index contributed by atoms with van der Waals surface area (Å²) in [5.41, 5.74) is 2.02. The lowest BCUT2D eigenvalue weighted by molar-refractivity contribution is -0.111. The van der Waals surface area contributed by atoms with Crippen molar-refractivity contribution in [3.05, 3.63) is 54.1 Å². The van der Waals surface area contributed by atoms with Crippen LogP contribution in [0.25, 0.3) is 0 Å². The molecule has 0 spiro atoms. The zero-order valence-corrected chi connectivity index (χ0v) is 11.5. The van der Waals surface area contributed by atoms with Crippen LogP contribution >= 0.6 is 0 Å². The highest BCUT2D eigenvalue weighted by Crippen LogP contribution is 2.29. The molecule has 1 amide bonds. The highest BCUT2D eigenvalue weighted by Gasteiger charge is 2.17. The Morgan fingerprint density at radius 3 is 2.44 bits per heavy atom. The van der Waals surface area contributed by atoms with Gasteiger partial charge in [0.05, 0.1) is 0 Å². The quantitative estimate of drug-likeness (QED) is 0.629. The summed E-state index contributed by atoms with van der Waals surface area (Å²) in [6.45, 7) is 8.31. The standard InChI is InChI=1S/C16H21NO/c1-5-6-7-12-15(18)17-14-11-9-8-10-13(14)16(2,3)4/h5-12H,1-4H3,(H,17,18)/b6-5+,12-7+. The van der Waals surface area contributed by atoms with Crippen molar-refractivity contribution in [2.45, 2.75) is 33.1 Å². The van der Waals surface area contributed by atoms with Crippen LogP contribution in [0.1, 0.15) is 33.3 Å². The van der Waals surface area contributed by atoms with E-state index in [-0.39, 0.29) is 11.3 Å². The van der Waals surface area contributed by atoms with E-state index < -0.39 is 0 Å². The van der Waals surface area contributed by atoms with Crippen LogP contribution in [0, 0.1) is 0 Å². The van der Waals surface area contributed by atoms with E-state index >= 15 is 0 Å². The van der Waals surface area contributed by atoms with Gasteiger partial charge in [-0.3, -0.25) is 4.79 Å². The van der Waals surface area contributed by atoms with Crippen molar-refractivity contribution in [3.8, 4) is 0 Å². The highest BCUT2D eigenvalue weighted by atomic mass is 16.1. The van der Waals surface area contributed by atoms with Gasteiger partial charge in [0.25, 0.3) is 0 Å². The van der Waals surface area contributed by atoms with Crippen molar-refractivity contribution in [1.29, 1.82) is 0 Å². The van der Waals surface area contributed by atoms with Crippen LogP contribution in [0.15, 0.2) is 48.6 Å². The van der Waals surface area contributed by atoms with E-state index in [9.17, 15) is 4.79 Å². The summed E-state index contributed by atoms with van der Waals surface area (Å²) < 4.78 is 0. The lowest BCUT2D eigenvalue weighted by atomic mass is 9.86. The largest absolute Gasteiger partial charge is 0.322 e. The number of nitrogens with one attached hydrogen (secondary N) is 1. The lowest BCUT2D eigenvalue weighted by Crippen LogP contribution is -2.17. The molecule has 1 aromatic carbocycles. The summed E-state index contributed by atoms with van der Waals surface area (Å²) in [6.07, 6.45) is 6.97. The molecule has 0 bridgehead atoms. The molecule has 0 aromatic heterocycles. The van der Waals surface area contributed by atoms with Crippen LogP contribution in [0.2, 0.25) is 0 Å². The Labute approximate surface area is 109 Å². The minimum atomic E-state index is -0.107. The van der Waals surface area contributed by atoms with Gasteiger partial charge in [-0.05, 0) is 24.0 Å². The number of carbonyl (C=O) groups is 1. The van der Waals surface area contributed by atoms with Crippen molar-refractivity contribution in [3.63, 3.8) is 0 Å².